The van der Waals surface area contributed by atoms with Gasteiger partial charge in [0, 0.05) is 24.1 Å². The summed E-state index contributed by atoms with van der Waals surface area (Å²) in [7, 11) is -1.01. The molecule has 0 aromatic carbocycles. The topological polar surface area (TPSA) is 53.8 Å². The summed E-state index contributed by atoms with van der Waals surface area (Å²) in [5, 5.41) is 8.72. The Morgan fingerprint density at radius 1 is 1.44 bits per heavy atom. The van der Waals surface area contributed by atoms with Gasteiger partial charge in [-0.05, 0) is 17.5 Å². The normalized spacial score (nSPS) is 14.4. The van der Waals surface area contributed by atoms with E-state index in [1.165, 1.54) is 0 Å². The zero-order chi connectivity index (χ0) is 12.1. The van der Waals surface area contributed by atoms with E-state index in [2.05, 4.69) is 11.1 Å². The molecule has 0 aliphatic rings. The molecule has 1 aromatic rings. The maximum absolute atomic E-state index is 11.9. The van der Waals surface area contributed by atoms with Crippen molar-refractivity contribution in [2.75, 3.05) is 0 Å². The van der Waals surface area contributed by atoms with Crippen molar-refractivity contribution in [1.82, 2.24) is 4.98 Å². The molecular weight excluding hydrogens is 220 g/mol. The molecule has 0 saturated heterocycles. The highest BCUT2D eigenvalue weighted by atomic mass is 32.2. The van der Waals surface area contributed by atoms with E-state index < -0.39 is 10.8 Å². The molecule has 1 heterocycles. The number of nitriles is 1. The van der Waals surface area contributed by atoms with Gasteiger partial charge in [0.1, 0.15) is 0 Å². The van der Waals surface area contributed by atoms with E-state index in [0.29, 0.717) is 6.42 Å². The fraction of sp³-hybridized carbons (Fsp3) is 0.500. The molecular formula is C12H16N2OS. The van der Waals surface area contributed by atoms with E-state index in [-0.39, 0.29) is 11.2 Å². The van der Waals surface area contributed by atoms with Crippen molar-refractivity contribution in [1.29, 1.82) is 5.26 Å². The fourth-order valence-electron chi connectivity index (χ4n) is 1.34. The Morgan fingerprint density at radius 3 is 2.69 bits per heavy atom. The lowest BCUT2D eigenvalue weighted by Gasteiger charge is -2.10. The summed E-state index contributed by atoms with van der Waals surface area (Å²) in [6, 6.07) is 4.03. The highest BCUT2D eigenvalue weighted by molar-refractivity contribution is 7.85. The molecule has 1 rings (SSSR count). The van der Waals surface area contributed by atoms with Crippen molar-refractivity contribution >= 4 is 10.8 Å². The second-order valence-electron chi connectivity index (χ2n) is 4.06. The first kappa shape index (κ1) is 12.9. The van der Waals surface area contributed by atoms with Crippen LogP contribution in [0.3, 0.4) is 0 Å². The Balaban J connectivity index is 2.96. The van der Waals surface area contributed by atoms with Crippen LogP contribution in [0, 0.1) is 11.3 Å². The van der Waals surface area contributed by atoms with Gasteiger partial charge < -0.3 is 0 Å². The van der Waals surface area contributed by atoms with Gasteiger partial charge in [-0.1, -0.05) is 20.8 Å². The van der Waals surface area contributed by atoms with Crippen LogP contribution in [0.2, 0.25) is 0 Å². The van der Waals surface area contributed by atoms with Gasteiger partial charge in [0.2, 0.25) is 0 Å². The van der Waals surface area contributed by atoms with E-state index >= 15 is 0 Å². The standard InChI is InChI=1S/C12H16N2OS/c1-9(2)16(15)12-6-11(7-14-8-12)10(3)4-5-13/h6-10H,4H2,1-3H3. The van der Waals surface area contributed by atoms with Gasteiger partial charge in [-0.2, -0.15) is 5.26 Å². The molecule has 0 bridgehead atoms. The third-order valence-corrected chi connectivity index (χ3v) is 3.91. The lowest BCUT2D eigenvalue weighted by molar-refractivity contribution is 0.675. The van der Waals surface area contributed by atoms with Crippen molar-refractivity contribution in [2.24, 2.45) is 0 Å². The molecule has 86 valence electrons. The van der Waals surface area contributed by atoms with E-state index in [1.807, 2.05) is 26.8 Å². The van der Waals surface area contributed by atoms with Crippen molar-refractivity contribution in [2.45, 2.75) is 43.3 Å². The first-order valence-corrected chi connectivity index (χ1v) is 6.50. The van der Waals surface area contributed by atoms with Gasteiger partial charge in [0.25, 0.3) is 0 Å². The van der Waals surface area contributed by atoms with Crippen LogP contribution in [-0.2, 0) is 10.8 Å². The summed E-state index contributed by atoms with van der Waals surface area (Å²) in [5.41, 5.74) is 0.980. The van der Waals surface area contributed by atoms with Crippen molar-refractivity contribution in [3.63, 3.8) is 0 Å². The summed E-state index contributed by atoms with van der Waals surface area (Å²) in [5.74, 6) is 0.140. The van der Waals surface area contributed by atoms with E-state index in [1.54, 1.807) is 12.4 Å². The second kappa shape index (κ2) is 5.76. The molecule has 2 unspecified atom stereocenters. The lowest BCUT2D eigenvalue weighted by Crippen LogP contribution is -2.07. The van der Waals surface area contributed by atoms with E-state index in [9.17, 15) is 4.21 Å². The summed E-state index contributed by atoms with van der Waals surface area (Å²) < 4.78 is 11.9. The quantitative estimate of drug-likeness (QED) is 0.807. The number of hydrogen-bond acceptors (Lipinski definition) is 3. The third kappa shape index (κ3) is 3.14. The molecule has 16 heavy (non-hydrogen) atoms. The average molecular weight is 236 g/mol. The fourth-order valence-corrected chi connectivity index (χ4v) is 2.30. The minimum Gasteiger partial charge on any atom is -0.263 e. The Kier molecular flexibility index (Phi) is 4.63. The van der Waals surface area contributed by atoms with Gasteiger partial charge in [0.15, 0.2) is 0 Å². The highest BCUT2D eigenvalue weighted by Gasteiger charge is 2.12. The molecule has 0 saturated carbocycles. The summed E-state index contributed by atoms with van der Waals surface area (Å²) >= 11 is 0. The predicted molar refractivity (Wildman–Crippen MR) is 64.4 cm³/mol. The molecule has 3 nitrogen and oxygen atoms in total. The van der Waals surface area contributed by atoms with Crippen molar-refractivity contribution < 1.29 is 4.21 Å². The smallest absolute Gasteiger partial charge is 0.0628 e. The lowest BCUT2D eigenvalue weighted by atomic mass is 10.0. The maximum Gasteiger partial charge on any atom is 0.0628 e. The first-order chi connectivity index (χ1) is 7.56. The molecule has 0 amide bonds. The van der Waals surface area contributed by atoms with Crippen LogP contribution < -0.4 is 0 Å². The largest absolute Gasteiger partial charge is 0.263 e. The molecule has 0 radical (unpaired) electrons. The van der Waals surface area contributed by atoms with Gasteiger partial charge in [-0.3, -0.25) is 9.19 Å². The molecule has 4 heteroatoms. The van der Waals surface area contributed by atoms with E-state index in [0.717, 1.165) is 10.5 Å². The summed E-state index contributed by atoms with van der Waals surface area (Å²) in [6.07, 6.45) is 3.83. The van der Waals surface area contributed by atoms with Crippen LogP contribution in [0.1, 0.15) is 38.7 Å². The highest BCUT2D eigenvalue weighted by Crippen LogP contribution is 2.20. The van der Waals surface area contributed by atoms with Gasteiger partial charge >= 0.3 is 0 Å². The number of rotatable bonds is 4. The summed E-state index contributed by atoms with van der Waals surface area (Å²) in [4.78, 5) is 4.84. The zero-order valence-electron chi connectivity index (χ0n) is 9.80. The number of hydrogen-bond donors (Lipinski definition) is 0. The third-order valence-electron chi connectivity index (χ3n) is 2.36. The molecule has 0 fully saturated rings. The van der Waals surface area contributed by atoms with Crippen LogP contribution in [0.25, 0.3) is 0 Å². The van der Waals surface area contributed by atoms with E-state index in [4.69, 9.17) is 5.26 Å². The van der Waals surface area contributed by atoms with Gasteiger partial charge in [-0.25, -0.2) is 0 Å². The molecule has 0 aliphatic carbocycles. The zero-order valence-corrected chi connectivity index (χ0v) is 10.6. The molecule has 1 aromatic heterocycles. The maximum atomic E-state index is 11.9. The molecule has 2 atom stereocenters. The predicted octanol–water partition coefficient (Wildman–Crippen LogP) is 2.61. The average Bonchev–Trinajstić information content (AvgIpc) is 2.28. The summed E-state index contributed by atoms with van der Waals surface area (Å²) in [6.45, 7) is 5.81. The monoisotopic (exact) mass is 236 g/mol. The number of pyridine rings is 1. The van der Waals surface area contributed by atoms with Crippen molar-refractivity contribution in [3.8, 4) is 6.07 Å². The minimum atomic E-state index is -1.01. The molecule has 0 spiro atoms. The van der Waals surface area contributed by atoms with Crippen LogP contribution in [0.4, 0.5) is 0 Å². The van der Waals surface area contributed by atoms with Crippen LogP contribution in [-0.4, -0.2) is 14.4 Å². The first-order valence-electron chi connectivity index (χ1n) is 5.28. The second-order valence-corrected chi connectivity index (χ2v) is 6.07. The van der Waals surface area contributed by atoms with Crippen LogP contribution >= 0.6 is 0 Å². The Labute approximate surface area is 99.0 Å². The van der Waals surface area contributed by atoms with Crippen molar-refractivity contribution in [3.05, 3.63) is 24.0 Å². The van der Waals surface area contributed by atoms with Gasteiger partial charge in [-0.15, -0.1) is 0 Å². The Hall–Kier alpha value is -1.21. The molecule has 0 N–H and O–H groups in total. The minimum absolute atomic E-state index is 0.0864. The number of nitrogens with zero attached hydrogens (tertiary/aromatic N) is 2. The number of aromatic nitrogens is 1. The molecule has 0 aliphatic heterocycles. The SMILES string of the molecule is CC(CC#N)c1cncc(S(=O)C(C)C)c1. The van der Waals surface area contributed by atoms with Crippen LogP contribution in [0.15, 0.2) is 23.4 Å². The van der Waals surface area contributed by atoms with Crippen LogP contribution in [0.5, 0.6) is 0 Å². The Bertz CT molecular complexity index is 423. The van der Waals surface area contributed by atoms with Gasteiger partial charge in [0.05, 0.1) is 21.8 Å². The Morgan fingerprint density at radius 2 is 2.12 bits per heavy atom.